The van der Waals surface area contributed by atoms with Gasteiger partial charge in [0.25, 0.3) is 5.19 Å². The molecular weight excluding hydrogens is 282 g/mol. The largest absolute Gasteiger partial charge is 0.444 e. The minimum Gasteiger partial charge on any atom is -0.444 e. The number of anilines is 1. The lowest BCUT2D eigenvalue weighted by Gasteiger charge is -2.19. The normalized spacial score (nSPS) is 13.1. The molecule has 0 radical (unpaired) electrons. The second-order valence-corrected chi connectivity index (χ2v) is 4.97. The van der Waals surface area contributed by atoms with Gasteiger partial charge in [-0.25, -0.2) is 4.79 Å². The standard InChI is InChI=1S/C11H15N5O3S/c1-14(2)11(17)15(3)9-12-13-10(20-9)18-8-16-6-4-5-7-19-16/h4-7H,8H2,1-3H3. The van der Waals surface area contributed by atoms with E-state index in [2.05, 4.69) is 10.2 Å². The second kappa shape index (κ2) is 6.24. The van der Waals surface area contributed by atoms with Crippen LogP contribution in [-0.4, -0.2) is 54.1 Å². The highest BCUT2D eigenvalue weighted by Gasteiger charge is 2.18. The average molecular weight is 297 g/mol. The van der Waals surface area contributed by atoms with Gasteiger partial charge in [-0.1, -0.05) is 5.10 Å². The van der Waals surface area contributed by atoms with E-state index in [1.807, 2.05) is 6.08 Å². The summed E-state index contributed by atoms with van der Waals surface area (Å²) in [5, 5.41) is 10.1. The third kappa shape index (κ3) is 3.38. The highest BCUT2D eigenvalue weighted by molar-refractivity contribution is 7.17. The molecule has 9 heteroatoms. The van der Waals surface area contributed by atoms with Crippen LogP contribution in [0.15, 0.2) is 24.6 Å². The van der Waals surface area contributed by atoms with Gasteiger partial charge in [-0.2, -0.15) is 5.06 Å². The summed E-state index contributed by atoms with van der Waals surface area (Å²) in [6.07, 6.45) is 6.85. The topological polar surface area (TPSA) is 71.0 Å². The number of carbonyl (C=O) groups is 1. The van der Waals surface area contributed by atoms with Crippen LogP contribution in [0.2, 0.25) is 0 Å². The van der Waals surface area contributed by atoms with Crippen LogP contribution in [0.25, 0.3) is 0 Å². The van der Waals surface area contributed by atoms with Gasteiger partial charge >= 0.3 is 6.03 Å². The van der Waals surface area contributed by atoms with Gasteiger partial charge in [0.2, 0.25) is 5.13 Å². The van der Waals surface area contributed by atoms with Crippen LogP contribution in [0.4, 0.5) is 9.93 Å². The molecule has 0 unspecified atom stereocenters. The zero-order chi connectivity index (χ0) is 14.5. The van der Waals surface area contributed by atoms with E-state index in [0.717, 1.165) is 0 Å². The van der Waals surface area contributed by atoms with Gasteiger partial charge in [0.15, 0.2) is 6.73 Å². The maximum absolute atomic E-state index is 11.8. The van der Waals surface area contributed by atoms with Crippen molar-refractivity contribution in [3.05, 3.63) is 24.6 Å². The summed E-state index contributed by atoms with van der Waals surface area (Å²) in [7, 11) is 4.98. The van der Waals surface area contributed by atoms with Crippen LogP contribution in [0, 0.1) is 0 Å². The molecule has 0 bridgehead atoms. The van der Waals surface area contributed by atoms with E-state index in [9.17, 15) is 4.79 Å². The molecule has 0 N–H and O–H groups in total. The van der Waals surface area contributed by atoms with Gasteiger partial charge in [0, 0.05) is 27.3 Å². The van der Waals surface area contributed by atoms with E-state index in [-0.39, 0.29) is 12.8 Å². The Morgan fingerprint density at radius 1 is 1.40 bits per heavy atom. The van der Waals surface area contributed by atoms with E-state index in [0.29, 0.717) is 10.3 Å². The minimum atomic E-state index is -0.180. The molecule has 108 valence electrons. The molecule has 2 amide bonds. The first-order valence-corrected chi connectivity index (χ1v) is 6.57. The van der Waals surface area contributed by atoms with Gasteiger partial charge < -0.3 is 14.5 Å². The zero-order valence-corrected chi connectivity index (χ0v) is 12.2. The summed E-state index contributed by atoms with van der Waals surface area (Å²) in [5.74, 6) is 0. The summed E-state index contributed by atoms with van der Waals surface area (Å²) in [6.45, 7) is 0.181. The third-order valence-corrected chi connectivity index (χ3v) is 3.22. The summed E-state index contributed by atoms with van der Waals surface area (Å²) < 4.78 is 5.43. The highest BCUT2D eigenvalue weighted by Crippen LogP contribution is 2.25. The van der Waals surface area contributed by atoms with Gasteiger partial charge in [0.1, 0.15) is 6.26 Å². The molecular formula is C11H15N5O3S. The summed E-state index contributed by atoms with van der Waals surface area (Å²) in [4.78, 5) is 19.8. The molecule has 1 aliphatic heterocycles. The van der Waals surface area contributed by atoms with Crippen LogP contribution in [-0.2, 0) is 4.84 Å². The first-order chi connectivity index (χ1) is 9.58. The quantitative estimate of drug-likeness (QED) is 0.833. The number of ether oxygens (including phenoxy) is 1. The van der Waals surface area contributed by atoms with Crippen molar-refractivity contribution in [3.63, 3.8) is 0 Å². The molecule has 1 aliphatic rings. The molecule has 8 nitrogen and oxygen atoms in total. The van der Waals surface area contributed by atoms with Crippen molar-refractivity contribution < 1.29 is 14.4 Å². The van der Waals surface area contributed by atoms with Crippen molar-refractivity contribution in [3.8, 4) is 5.19 Å². The number of urea groups is 1. The third-order valence-electron chi connectivity index (χ3n) is 2.31. The monoisotopic (exact) mass is 297 g/mol. The molecule has 0 saturated heterocycles. The van der Waals surface area contributed by atoms with Crippen LogP contribution in [0.5, 0.6) is 5.19 Å². The number of aromatic nitrogens is 2. The molecule has 2 heterocycles. The lowest BCUT2D eigenvalue weighted by molar-refractivity contribution is -0.104. The highest BCUT2D eigenvalue weighted by atomic mass is 32.1. The Morgan fingerprint density at radius 3 is 2.85 bits per heavy atom. The Bertz CT molecular complexity index is 528. The lowest BCUT2D eigenvalue weighted by Crippen LogP contribution is -2.36. The number of carbonyl (C=O) groups excluding carboxylic acids is 1. The fourth-order valence-electron chi connectivity index (χ4n) is 1.31. The number of rotatable bonds is 4. The van der Waals surface area contributed by atoms with E-state index in [1.165, 1.54) is 26.2 Å². The zero-order valence-electron chi connectivity index (χ0n) is 11.4. The molecule has 0 saturated carbocycles. The summed E-state index contributed by atoms with van der Waals surface area (Å²) in [6, 6.07) is -0.180. The summed E-state index contributed by atoms with van der Waals surface area (Å²) >= 11 is 1.18. The molecule has 0 aromatic carbocycles. The average Bonchev–Trinajstić information content (AvgIpc) is 2.93. The number of amides is 2. The van der Waals surface area contributed by atoms with Crippen LogP contribution < -0.4 is 9.64 Å². The molecule has 1 aromatic heterocycles. The van der Waals surface area contributed by atoms with Crippen LogP contribution in [0.1, 0.15) is 0 Å². The van der Waals surface area contributed by atoms with E-state index >= 15 is 0 Å². The van der Waals surface area contributed by atoms with Crippen molar-refractivity contribution in [2.75, 3.05) is 32.8 Å². The molecule has 20 heavy (non-hydrogen) atoms. The lowest BCUT2D eigenvalue weighted by atomic mass is 10.5. The second-order valence-electron chi connectivity index (χ2n) is 4.05. The van der Waals surface area contributed by atoms with Crippen molar-refractivity contribution >= 4 is 22.5 Å². The van der Waals surface area contributed by atoms with E-state index in [4.69, 9.17) is 9.57 Å². The number of hydrogen-bond donors (Lipinski definition) is 0. The number of allylic oxidation sites excluding steroid dienone is 2. The molecule has 1 aromatic rings. The smallest absolute Gasteiger partial charge is 0.325 e. The Kier molecular flexibility index (Phi) is 4.41. The minimum absolute atomic E-state index is 0.180. The van der Waals surface area contributed by atoms with E-state index < -0.39 is 0 Å². The molecule has 0 fully saturated rings. The summed E-state index contributed by atoms with van der Waals surface area (Å²) in [5.41, 5.74) is 0. The Hall–Kier alpha value is -2.29. The molecule has 0 atom stereocenters. The van der Waals surface area contributed by atoms with Crippen molar-refractivity contribution in [2.45, 2.75) is 0 Å². The van der Waals surface area contributed by atoms with Gasteiger partial charge in [0.05, 0.1) is 0 Å². The molecule has 0 aliphatic carbocycles. The van der Waals surface area contributed by atoms with Gasteiger partial charge in [-0.15, -0.1) is 5.10 Å². The predicted octanol–water partition coefficient (Wildman–Crippen LogP) is 1.27. The number of hydroxylamine groups is 2. The Labute approximate surface area is 120 Å². The van der Waals surface area contributed by atoms with Crippen LogP contribution >= 0.6 is 11.3 Å². The number of hydrogen-bond acceptors (Lipinski definition) is 7. The maximum Gasteiger partial charge on any atom is 0.325 e. The maximum atomic E-state index is 11.8. The van der Waals surface area contributed by atoms with Crippen molar-refractivity contribution in [1.82, 2.24) is 20.2 Å². The SMILES string of the molecule is CN(C)C(=O)N(C)c1nnc(OCN2C=CC=CO2)s1. The first kappa shape index (κ1) is 14.1. The van der Waals surface area contributed by atoms with Gasteiger partial charge in [-0.05, 0) is 23.5 Å². The van der Waals surface area contributed by atoms with E-state index in [1.54, 1.807) is 39.7 Å². The Balaban J connectivity index is 1.90. The first-order valence-electron chi connectivity index (χ1n) is 5.76. The van der Waals surface area contributed by atoms with Crippen molar-refractivity contribution in [2.24, 2.45) is 0 Å². The van der Waals surface area contributed by atoms with Gasteiger partial charge in [-0.3, -0.25) is 4.90 Å². The Morgan fingerprint density at radius 2 is 2.20 bits per heavy atom. The van der Waals surface area contributed by atoms with Crippen LogP contribution in [0.3, 0.4) is 0 Å². The molecule has 0 spiro atoms. The molecule has 2 rings (SSSR count). The fourth-order valence-corrected chi connectivity index (χ4v) is 1.96. The van der Waals surface area contributed by atoms with Crippen molar-refractivity contribution in [1.29, 1.82) is 0 Å². The fraction of sp³-hybridized carbons (Fsp3) is 0.364. The number of nitrogens with zero attached hydrogens (tertiary/aromatic N) is 5. The predicted molar refractivity (Wildman–Crippen MR) is 74.1 cm³/mol.